The van der Waals surface area contributed by atoms with Crippen LogP contribution < -0.4 is 5.32 Å². The third-order valence-corrected chi connectivity index (χ3v) is 6.67. The summed E-state index contributed by atoms with van der Waals surface area (Å²) >= 11 is 0. The molecule has 7 rings (SSSR count). The van der Waals surface area contributed by atoms with Crippen LogP contribution in [0.5, 0.6) is 0 Å². The molecule has 38 heavy (non-hydrogen) atoms. The predicted octanol–water partition coefficient (Wildman–Crippen LogP) is 5.86. The number of nitrogens with one attached hydrogen (secondary N) is 3. The van der Waals surface area contributed by atoms with Crippen molar-refractivity contribution in [1.82, 2.24) is 30.1 Å². The van der Waals surface area contributed by atoms with Gasteiger partial charge in [-0.25, -0.2) is 18.7 Å². The predicted molar refractivity (Wildman–Crippen MR) is 139 cm³/mol. The summed E-state index contributed by atoms with van der Waals surface area (Å²) in [4.78, 5) is 28.6. The van der Waals surface area contributed by atoms with E-state index < -0.39 is 5.82 Å². The van der Waals surface area contributed by atoms with E-state index in [9.17, 15) is 9.18 Å². The van der Waals surface area contributed by atoms with Crippen molar-refractivity contribution in [3.05, 3.63) is 78.8 Å². The minimum atomic E-state index is -0.458. The molecule has 1 saturated carbocycles. The molecule has 0 bridgehead atoms. The molecule has 10 heteroatoms. The van der Waals surface area contributed by atoms with Gasteiger partial charge < -0.3 is 10.3 Å². The van der Waals surface area contributed by atoms with Gasteiger partial charge in [0.25, 0.3) is 0 Å². The van der Waals surface area contributed by atoms with E-state index in [-0.39, 0.29) is 17.6 Å². The molecule has 1 fully saturated rings. The van der Waals surface area contributed by atoms with E-state index >= 15 is 4.39 Å². The first kappa shape index (κ1) is 22.2. The van der Waals surface area contributed by atoms with E-state index in [1.165, 1.54) is 18.2 Å². The Kier molecular flexibility index (Phi) is 5.00. The summed E-state index contributed by atoms with van der Waals surface area (Å²) < 4.78 is 29.0. The number of carbonyl (C=O) groups is 1. The molecule has 6 aromatic rings. The number of hydrogen-bond acceptors (Lipinski definition) is 5. The molecule has 0 spiro atoms. The zero-order valence-electron chi connectivity index (χ0n) is 19.8. The molecule has 2 aromatic carbocycles. The summed E-state index contributed by atoms with van der Waals surface area (Å²) in [5.74, 6) is -0.373. The number of H-pyrrole nitrogens is 2. The monoisotopic (exact) mass is 507 g/mol. The Morgan fingerprint density at radius 3 is 2.74 bits per heavy atom. The highest BCUT2D eigenvalue weighted by molar-refractivity contribution is 5.98. The number of amides is 1. The van der Waals surface area contributed by atoms with Gasteiger partial charge in [0.15, 0.2) is 11.5 Å². The van der Waals surface area contributed by atoms with Crippen LogP contribution in [-0.2, 0) is 4.79 Å². The average Bonchev–Trinajstić information content (AvgIpc) is 3.56. The van der Waals surface area contributed by atoms with Gasteiger partial charge >= 0.3 is 0 Å². The van der Waals surface area contributed by atoms with Gasteiger partial charge in [0.2, 0.25) is 5.91 Å². The summed E-state index contributed by atoms with van der Waals surface area (Å²) in [5, 5.41) is 10.8. The van der Waals surface area contributed by atoms with Gasteiger partial charge in [-0.2, -0.15) is 5.10 Å². The van der Waals surface area contributed by atoms with Crippen LogP contribution in [-0.4, -0.2) is 36.0 Å². The van der Waals surface area contributed by atoms with Gasteiger partial charge in [0.05, 0.1) is 22.9 Å². The number of hydrogen-bond donors (Lipinski definition) is 3. The molecule has 4 heterocycles. The van der Waals surface area contributed by atoms with Crippen LogP contribution >= 0.6 is 0 Å². The molecule has 1 aliphatic carbocycles. The van der Waals surface area contributed by atoms with Crippen molar-refractivity contribution < 1.29 is 13.6 Å². The van der Waals surface area contributed by atoms with Crippen molar-refractivity contribution >= 4 is 33.7 Å². The number of aromatic nitrogens is 6. The maximum absolute atomic E-state index is 15.2. The Morgan fingerprint density at radius 1 is 1.00 bits per heavy atom. The zero-order valence-corrected chi connectivity index (χ0v) is 19.8. The molecule has 1 aliphatic rings. The normalized spacial score (nSPS) is 13.3. The van der Waals surface area contributed by atoms with Crippen LogP contribution in [0.1, 0.15) is 12.8 Å². The van der Waals surface area contributed by atoms with Crippen LogP contribution in [0.3, 0.4) is 0 Å². The first-order valence-corrected chi connectivity index (χ1v) is 12.1. The van der Waals surface area contributed by atoms with Crippen molar-refractivity contribution in [2.75, 3.05) is 5.32 Å². The molecule has 0 saturated heterocycles. The first-order valence-electron chi connectivity index (χ1n) is 12.1. The van der Waals surface area contributed by atoms with Gasteiger partial charge in [0, 0.05) is 46.5 Å². The van der Waals surface area contributed by atoms with Crippen molar-refractivity contribution in [2.45, 2.75) is 12.8 Å². The summed E-state index contributed by atoms with van der Waals surface area (Å²) in [7, 11) is 0. The number of imidazole rings is 1. The van der Waals surface area contributed by atoms with Crippen LogP contribution in [0.15, 0.2) is 67.1 Å². The van der Waals surface area contributed by atoms with E-state index in [1.54, 1.807) is 42.9 Å². The molecular weight excluding hydrogens is 488 g/mol. The standard InChI is InChI=1S/C28H19F2N7O/c29-17-3-1-2-15(8-17)19-6-7-32-26-24(19)34-27(35-26)25-21-10-20(22(30)11-23(21)36-37-25)16-9-18(13-31-12-16)33-28(38)14-4-5-14/h1-3,6-14H,4-5H2,(H,33,38)(H,36,37)(H,32,34,35). The Bertz CT molecular complexity index is 1870. The number of benzene rings is 2. The van der Waals surface area contributed by atoms with Gasteiger partial charge in [0.1, 0.15) is 17.3 Å². The number of halogens is 2. The minimum Gasteiger partial charge on any atom is -0.335 e. The van der Waals surface area contributed by atoms with Crippen LogP contribution in [0.4, 0.5) is 14.5 Å². The number of rotatable bonds is 5. The fourth-order valence-corrected chi connectivity index (χ4v) is 4.60. The highest BCUT2D eigenvalue weighted by Crippen LogP contribution is 2.35. The molecule has 1 amide bonds. The number of fused-ring (bicyclic) bond motifs is 2. The number of pyridine rings is 2. The molecule has 0 atom stereocenters. The molecule has 186 valence electrons. The molecule has 8 nitrogen and oxygen atoms in total. The Labute approximate surface area is 214 Å². The third-order valence-electron chi connectivity index (χ3n) is 6.67. The van der Waals surface area contributed by atoms with E-state index in [0.717, 1.165) is 18.4 Å². The fourth-order valence-electron chi connectivity index (χ4n) is 4.60. The largest absolute Gasteiger partial charge is 0.335 e. The van der Waals surface area contributed by atoms with Gasteiger partial charge in [-0.15, -0.1) is 0 Å². The lowest BCUT2D eigenvalue weighted by molar-refractivity contribution is -0.117. The van der Waals surface area contributed by atoms with Crippen molar-refractivity contribution in [1.29, 1.82) is 0 Å². The molecule has 0 radical (unpaired) electrons. The molecule has 3 N–H and O–H groups in total. The number of nitrogens with zero attached hydrogens (tertiary/aromatic N) is 4. The topological polar surface area (TPSA) is 112 Å². The highest BCUT2D eigenvalue weighted by atomic mass is 19.1. The SMILES string of the molecule is O=C(Nc1cncc(-c2cc3c(-c4nc5nccc(-c6cccc(F)c6)c5[nH]4)n[nH]c3cc2F)c1)C1CC1. The van der Waals surface area contributed by atoms with Crippen LogP contribution in [0, 0.1) is 17.6 Å². The first-order chi connectivity index (χ1) is 18.5. The Morgan fingerprint density at radius 2 is 1.89 bits per heavy atom. The lowest BCUT2D eigenvalue weighted by Gasteiger charge is -2.08. The summed E-state index contributed by atoms with van der Waals surface area (Å²) in [6.45, 7) is 0. The molecule has 4 aromatic heterocycles. The van der Waals surface area contributed by atoms with Crippen LogP contribution in [0.25, 0.3) is 55.8 Å². The minimum absolute atomic E-state index is 0.0416. The Balaban J connectivity index is 1.31. The smallest absolute Gasteiger partial charge is 0.227 e. The fraction of sp³-hybridized carbons (Fsp3) is 0.107. The Hall–Kier alpha value is -4.99. The van der Waals surface area contributed by atoms with Crippen LogP contribution in [0.2, 0.25) is 0 Å². The van der Waals surface area contributed by atoms with Gasteiger partial charge in [-0.1, -0.05) is 12.1 Å². The van der Waals surface area contributed by atoms with Gasteiger partial charge in [-0.05, 0) is 48.7 Å². The lowest BCUT2D eigenvalue weighted by atomic mass is 10.0. The van der Waals surface area contributed by atoms with E-state index in [2.05, 4.69) is 35.5 Å². The second-order valence-electron chi connectivity index (χ2n) is 9.33. The highest BCUT2D eigenvalue weighted by Gasteiger charge is 2.29. The molecule has 0 aliphatic heterocycles. The van der Waals surface area contributed by atoms with Crippen molar-refractivity contribution in [3.63, 3.8) is 0 Å². The van der Waals surface area contributed by atoms with E-state index in [1.807, 2.05) is 6.07 Å². The van der Waals surface area contributed by atoms with Gasteiger partial charge in [-0.3, -0.25) is 14.9 Å². The summed E-state index contributed by atoms with van der Waals surface area (Å²) in [6, 6.07) is 12.8. The maximum atomic E-state index is 15.2. The van der Waals surface area contributed by atoms with E-state index in [4.69, 9.17) is 0 Å². The second-order valence-corrected chi connectivity index (χ2v) is 9.33. The van der Waals surface area contributed by atoms with Crippen molar-refractivity contribution in [2.24, 2.45) is 5.92 Å². The zero-order chi connectivity index (χ0) is 25.8. The molecule has 0 unspecified atom stereocenters. The summed E-state index contributed by atoms with van der Waals surface area (Å²) in [6.07, 6.45) is 6.47. The van der Waals surface area contributed by atoms with E-state index in [0.29, 0.717) is 56.0 Å². The number of carbonyl (C=O) groups excluding carboxylic acids is 1. The van der Waals surface area contributed by atoms with Crippen molar-refractivity contribution in [3.8, 4) is 33.8 Å². The molecular formula is C28H19F2N7O. The number of anilines is 1. The quantitative estimate of drug-likeness (QED) is 0.271. The lowest BCUT2D eigenvalue weighted by Crippen LogP contribution is -2.13. The third kappa shape index (κ3) is 3.86. The average molecular weight is 508 g/mol. The summed E-state index contributed by atoms with van der Waals surface area (Å²) in [5.41, 5.74) is 4.83. The number of aromatic amines is 2. The maximum Gasteiger partial charge on any atom is 0.227 e. The second kappa shape index (κ2) is 8.55.